The van der Waals surface area contributed by atoms with E-state index in [4.69, 9.17) is 13.6 Å². The van der Waals surface area contributed by atoms with Crippen molar-refractivity contribution < 1.29 is 18.1 Å². The average molecular weight is 354 g/mol. The van der Waals surface area contributed by atoms with E-state index in [0.29, 0.717) is 0 Å². The maximum absolute atomic E-state index is 13.4. The van der Waals surface area contributed by atoms with Crippen LogP contribution in [0.15, 0.2) is 30.3 Å². The fraction of sp³-hybridized carbons (Fsp3) is 0.684. The molecule has 0 spiro atoms. The molecular formula is C19H31O4P. The monoisotopic (exact) mass is 354 g/mol. The number of hydrogen-bond donors (Lipinski definition) is 0. The van der Waals surface area contributed by atoms with Gasteiger partial charge in [0.25, 0.3) is 0 Å². The van der Waals surface area contributed by atoms with Gasteiger partial charge >= 0.3 is 7.82 Å². The van der Waals surface area contributed by atoms with Crippen LogP contribution in [-0.2, 0) is 18.1 Å². The lowest BCUT2D eigenvalue weighted by molar-refractivity contribution is 0.00577. The Hall–Kier alpha value is -0.670. The number of unbranched alkanes of at least 4 members (excludes halogenated alkanes) is 1. The molecule has 0 amide bonds. The molecule has 0 bridgehead atoms. The van der Waals surface area contributed by atoms with Crippen molar-refractivity contribution >= 4 is 7.82 Å². The van der Waals surface area contributed by atoms with Gasteiger partial charge in [0.15, 0.2) is 0 Å². The first-order chi connectivity index (χ1) is 11.1. The van der Waals surface area contributed by atoms with Gasteiger partial charge < -0.3 is 0 Å². The van der Waals surface area contributed by atoms with Gasteiger partial charge in [0.1, 0.15) is 0 Å². The molecule has 24 heavy (non-hydrogen) atoms. The number of phosphoric acid groups is 1. The summed E-state index contributed by atoms with van der Waals surface area (Å²) in [7, 11) is -3.66. The number of benzene rings is 1. The molecule has 1 heterocycles. The maximum atomic E-state index is 13.4. The van der Waals surface area contributed by atoms with Gasteiger partial charge in [0, 0.05) is 0 Å². The highest BCUT2D eigenvalue weighted by Gasteiger charge is 2.45. The van der Waals surface area contributed by atoms with Gasteiger partial charge in [0.2, 0.25) is 0 Å². The van der Waals surface area contributed by atoms with E-state index in [2.05, 4.69) is 6.92 Å². The van der Waals surface area contributed by atoms with Crippen LogP contribution in [0, 0.1) is 0 Å². The molecule has 0 saturated carbocycles. The Morgan fingerprint density at radius 3 is 2.12 bits per heavy atom. The van der Waals surface area contributed by atoms with Crippen LogP contribution in [-0.4, -0.2) is 11.2 Å². The van der Waals surface area contributed by atoms with Gasteiger partial charge in [-0.25, -0.2) is 4.57 Å². The fourth-order valence-corrected chi connectivity index (χ4v) is 4.91. The molecule has 1 aliphatic rings. The molecule has 2 rings (SSSR count). The lowest BCUT2D eigenvalue weighted by Crippen LogP contribution is -2.23. The molecule has 4 nitrogen and oxygen atoms in total. The lowest BCUT2D eigenvalue weighted by atomic mass is 9.94. The third kappa shape index (κ3) is 5.70. The second kappa shape index (κ2) is 7.70. The van der Waals surface area contributed by atoms with Gasteiger partial charge in [-0.2, -0.15) is 0 Å². The van der Waals surface area contributed by atoms with Crippen molar-refractivity contribution in [1.29, 1.82) is 0 Å². The molecule has 136 valence electrons. The second-order valence-corrected chi connectivity index (χ2v) is 9.27. The highest BCUT2D eigenvalue weighted by molar-refractivity contribution is 7.48. The second-order valence-electron chi connectivity index (χ2n) is 7.80. The third-order valence-corrected chi connectivity index (χ3v) is 6.24. The minimum Gasteiger partial charge on any atom is -0.281 e. The highest BCUT2D eigenvalue weighted by atomic mass is 31.2. The first-order valence-corrected chi connectivity index (χ1v) is 10.4. The van der Waals surface area contributed by atoms with Crippen molar-refractivity contribution in [2.24, 2.45) is 0 Å². The summed E-state index contributed by atoms with van der Waals surface area (Å²) in [5.74, 6) is 0. The summed E-state index contributed by atoms with van der Waals surface area (Å²) in [5.41, 5.74) is -0.0573. The summed E-state index contributed by atoms with van der Waals surface area (Å²) in [4.78, 5) is 0. The van der Waals surface area contributed by atoms with Crippen LogP contribution in [0.5, 0.6) is 0 Å². The zero-order valence-electron chi connectivity index (χ0n) is 15.6. The van der Waals surface area contributed by atoms with Crippen molar-refractivity contribution in [2.75, 3.05) is 0 Å². The summed E-state index contributed by atoms with van der Waals surface area (Å²) in [6.07, 6.45) is 4.10. The molecular weight excluding hydrogens is 323 g/mol. The molecule has 1 aliphatic heterocycles. The summed E-state index contributed by atoms with van der Waals surface area (Å²) < 4.78 is 31.1. The zero-order valence-corrected chi connectivity index (χ0v) is 16.5. The zero-order chi connectivity index (χ0) is 17.8. The summed E-state index contributed by atoms with van der Waals surface area (Å²) >= 11 is 0. The van der Waals surface area contributed by atoms with Gasteiger partial charge in [-0.1, -0.05) is 50.1 Å². The number of hydrogen-bond acceptors (Lipinski definition) is 4. The van der Waals surface area contributed by atoms with E-state index in [1.54, 1.807) is 0 Å². The smallest absolute Gasteiger partial charge is 0.281 e. The van der Waals surface area contributed by atoms with Crippen molar-refractivity contribution in [1.82, 2.24) is 0 Å². The molecule has 0 aromatic heterocycles. The molecule has 1 aromatic carbocycles. The minimum absolute atomic E-state index is 0.290. The predicted octanol–water partition coefficient (Wildman–Crippen LogP) is 6.43. The largest absolute Gasteiger partial charge is 0.476 e. The Balaban J connectivity index is 2.26. The van der Waals surface area contributed by atoms with Crippen LogP contribution in [0.25, 0.3) is 0 Å². The highest BCUT2D eigenvalue weighted by Crippen LogP contribution is 2.61. The minimum atomic E-state index is -3.66. The van der Waals surface area contributed by atoms with Crippen LogP contribution < -0.4 is 0 Å². The fourth-order valence-electron chi connectivity index (χ4n) is 2.85. The van der Waals surface area contributed by atoms with E-state index in [9.17, 15) is 4.57 Å². The van der Waals surface area contributed by atoms with E-state index < -0.39 is 19.0 Å². The first-order valence-electron chi connectivity index (χ1n) is 8.90. The van der Waals surface area contributed by atoms with Gasteiger partial charge in [-0.15, -0.1) is 0 Å². The van der Waals surface area contributed by atoms with Gasteiger partial charge in [0.05, 0.1) is 17.3 Å². The third-order valence-electron chi connectivity index (χ3n) is 4.29. The number of rotatable bonds is 6. The van der Waals surface area contributed by atoms with Gasteiger partial charge in [-0.3, -0.25) is 13.6 Å². The maximum Gasteiger partial charge on any atom is 0.476 e. The number of phosphoric ester groups is 1. The van der Waals surface area contributed by atoms with Gasteiger partial charge in [-0.05, 0) is 52.5 Å². The normalized spacial score (nSPS) is 23.4. The van der Waals surface area contributed by atoms with E-state index >= 15 is 0 Å². The Morgan fingerprint density at radius 2 is 1.62 bits per heavy atom. The van der Waals surface area contributed by atoms with E-state index in [-0.39, 0.29) is 6.10 Å². The molecule has 1 unspecified atom stereocenters. The standard InChI is InChI=1S/C19H31O4P/c1-6-7-13-17(16-11-9-8-10-12-16)21-24(20)22-18(2,3)14-15-19(4,5)23-24/h8-12,17H,6-7,13-15H2,1-5H3. The van der Waals surface area contributed by atoms with Crippen molar-refractivity contribution in [3.63, 3.8) is 0 Å². The Labute approximate surface area is 146 Å². The van der Waals surface area contributed by atoms with Crippen molar-refractivity contribution in [3.05, 3.63) is 35.9 Å². The molecule has 5 heteroatoms. The van der Waals surface area contributed by atoms with E-state index in [0.717, 1.165) is 37.7 Å². The molecule has 1 saturated heterocycles. The Bertz CT molecular complexity index is 546. The molecule has 1 fully saturated rings. The summed E-state index contributed by atoms with van der Waals surface area (Å²) in [6, 6.07) is 9.90. The van der Waals surface area contributed by atoms with Crippen LogP contribution >= 0.6 is 7.82 Å². The molecule has 1 atom stereocenters. The SMILES string of the molecule is CCCCC(OP1(=O)OC(C)(C)CCC(C)(C)O1)c1ccccc1. The average Bonchev–Trinajstić information content (AvgIpc) is 2.57. The Kier molecular flexibility index (Phi) is 6.30. The lowest BCUT2D eigenvalue weighted by Gasteiger charge is -2.30. The molecule has 0 aliphatic carbocycles. The predicted molar refractivity (Wildman–Crippen MR) is 97.0 cm³/mol. The van der Waals surface area contributed by atoms with Crippen molar-refractivity contribution in [3.8, 4) is 0 Å². The van der Waals surface area contributed by atoms with E-state index in [1.165, 1.54) is 0 Å². The molecule has 1 aromatic rings. The van der Waals surface area contributed by atoms with Crippen LogP contribution in [0.3, 0.4) is 0 Å². The van der Waals surface area contributed by atoms with Crippen LogP contribution in [0.2, 0.25) is 0 Å². The summed E-state index contributed by atoms with van der Waals surface area (Å²) in [6.45, 7) is 9.90. The van der Waals surface area contributed by atoms with Crippen LogP contribution in [0.1, 0.15) is 78.4 Å². The first kappa shape index (κ1) is 19.7. The molecule has 0 N–H and O–H groups in total. The van der Waals surface area contributed by atoms with E-state index in [1.807, 2.05) is 58.0 Å². The van der Waals surface area contributed by atoms with Crippen molar-refractivity contribution in [2.45, 2.75) is 84.0 Å². The summed E-state index contributed by atoms with van der Waals surface area (Å²) in [5, 5.41) is 0. The molecule has 0 radical (unpaired) electrons. The Morgan fingerprint density at radius 1 is 1.08 bits per heavy atom. The van der Waals surface area contributed by atoms with Crippen LogP contribution in [0.4, 0.5) is 0 Å². The quantitative estimate of drug-likeness (QED) is 0.552. The topological polar surface area (TPSA) is 44.8 Å².